The van der Waals surface area contributed by atoms with E-state index in [4.69, 9.17) is 10.3 Å². The van der Waals surface area contributed by atoms with E-state index in [0.717, 1.165) is 25.1 Å². The molecule has 3 heteroatoms. The number of hydrogen-bond donors (Lipinski definition) is 1. The van der Waals surface area contributed by atoms with Crippen molar-refractivity contribution in [3.05, 3.63) is 17.5 Å². The third-order valence-corrected chi connectivity index (χ3v) is 3.45. The van der Waals surface area contributed by atoms with Crippen LogP contribution in [-0.4, -0.2) is 11.7 Å². The Morgan fingerprint density at radius 1 is 1.64 bits per heavy atom. The van der Waals surface area contributed by atoms with E-state index in [-0.39, 0.29) is 0 Å². The fourth-order valence-electron chi connectivity index (χ4n) is 2.49. The number of nitrogens with two attached hydrogens (primary N) is 1. The van der Waals surface area contributed by atoms with Gasteiger partial charge in [0.05, 0.1) is 6.20 Å². The normalized spacial score (nSPS) is 24.6. The average Bonchev–Trinajstić information content (AvgIpc) is 2.58. The SMILES string of the molecule is CC1(C)CCc2oncc2C1CCN. The summed E-state index contributed by atoms with van der Waals surface area (Å²) >= 11 is 0. The highest BCUT2D eigenvalue weighted by Crippen LogP contribution is 2.46. The Bertz CT molecular complexity index is 317. The standard InChI is InChI=1S/C11H18N2O/c1-11(2)5-3-10-8(7-13-14-10)9(11)4-6-12/h7,9H,3-6,12H2,1-2H3. The molecule has 0 radical (unpaired) electrons. The highest BCUT2D eigenvalue weighted by molar-refractivity contribution is 5.25. The Balaban J connectivity index is 2.33. The summed E-state index contributed by atoms with van der Waals surface area (Å²) in [6.07, 6.45) is 5.08. The van der Waals surface area contributed by atoms with Gasteiger partial charge in [0.2, 0.25) is 0 Å². The van der Waals surface area contributed by atoms with E-state index in [2.05, 4.69) is 19.0 Å². The second kappa shape index (κ2) is 3.39. The predicted octanol–water partition coefficient (Wildman–Crippen LogP) is 2.08. The summed E-state index contributed by atoms with van der Waals surface area (Å²) in [5.74, 6) is 1.59. The van der Waals surface area contributed by atoms with Gasteiger partial charge in [-0.3, -0.25) is 0 Å². The van der Waals surface area contributed by atoms with Gasteiger partial charge in [-0.15, -0.1) is 0 Å². The summed E-state index contributed by atoms with van der Waals surface area (Å²) in [4.78, 5) is 0. The van der Waals surface area contributed by atoms with Crippen LogP contribution in [-0.2, 0) is 6.42 Å². The smallest absolute Gasteiger partial charge is 0.140 e. The van der Waals surface area contributed by atoms with Crippen molar-refractivity contribution in [1.29, 1.82) is 0 Å². The van der Waals surface area contributed by atoms with E-state index >= 15 is 0 Å². The molecule has 3 nitrogen and oxygen atoms in total. The lowest BCUT2D eigenvalue weighted by atomic mass is 9.67. The van der Waals surface area contributed by atoms with E-state index in [0.29, 0.717) is 11.3 Å². The average molecular weight is 194 g/mol. The Hall–Kier alpha value is -0.830. The van der Waals surface area contributed by atoms with Gasteiger partial charge in [-0.1, -0.05) is 19.0 Å². The van der Waals surface area contributed by atoms with Gasteiger partial charge in [0.15, 0.2) is 0 Å². The van der Waals surface area contributed by atoms with Crippen molar-refractivity contribution in [3.63, 3.8) is 0 Å². The summed E-state index contributed by atoms with van der Waals surface area (Å²) in [7, 11) is 0. The molecule has 0 saturated heterocycles. The maximum absolute atomic E-state index is 5.66. The second-order valence-electron chi connectivity index (χ2n) is 4.82. The maximum atomic E-state index is 5.66. The third kappa shape index (κ3) is 1.46. The minimum atomic E-state index is 0.331. The van der Waals surface area contributed by atoms with Crippen molar-refractivity contribution in [2.75, 3.05) is 6.54 Å². The van der Waals surface area contributed by atoms with Crippen molar-refractivity contribution in [2.24, 2.45) is 11.1 Å². The molecule has 2 rings (SSSR count). The van der Waals surface area contributed by atoms with Crippen LogP contribution in [0.15, 0.2) is 10.7 Å². The zero-order valence-corrected chi connectivity index (χ0v) is 8.92. The summed E-state index contributed by atoms with van der Waals surface area (Å²) in [6.45, 7) is 5.35. The molecule has 14 heavy (non-hydrogen) atoms. The number of hydrogen-bond acceptors (Lipinski definition) is 3. The first-order valence-electron chi connectivity index (χ1n) is 5.28. The van der Waals surface area contributed by atoms with E-state index in [9.17, 15) is 0 Å². The molecule has 0 aromatic carbocycles. The van der Waals surface area contributed by atoms with Crippen LogP contribution in [0.5, 0.6) is 0 Å². The molecule has 78 valence electrons. The fraction of sp³-hybridized carbons (Fsp3) is 0.727. The first-order valence-corrected chi connectivity index (χ1v) is 5.28. The lowest BCUT2D eigenvalue weighted by Crippen LogP contribution is -2.29. The van der Waals surface area contributed by atoms with Crippen LogP contribution in [0, 0.1) is 5.41 Å². The van der Waals surface area contributed by atoms with Crippen molar-refractivity contribution in [2.45, 2.75) is 39.0 Å². The van der Waals surface area contributed by atoms with Crippen LogP contribution >= 0.6 is 0 Å². The van der Waals surface area contributed by atoms with E-state index in [1.807, 2.05) is 6.20 Å². The molecule has 1 atom stereocenters. The van der Waals surface area contributed by atoms with Gasteiger partial charge in [0, 0.05) is 12.0 Å². The van der Waals surface area contributed by atoms with Crippen molar-refractivity contribution >= 4 is 0 Å². The highest BCUT2D eigenvalue weighted by Gasteiger charge is 2.37. The monoisotopic (exact) mass is 194 g/mol. The van der Waals surface area contributed by atoms with Gasteiger partial charge in [0.1, 0.15) is 5.76 Å². The topological polar surface area (TPSA) is 52.0 Å². The van der Waals surface area contributed by atoms with Crippen LogP contribution in [0.2, 0.25) is 0 Å². The number of aryl methyl sites for hydroxylation is 1. The van der Waals surface area contributed by atoms with Gasteiger partial charge in [-0.2, -0.15) is 0 Å². The maximum Gasteiger partial charge on any atom is 0.140 e. The Labute approximate surface area is 84.7 Å². The quantitative estimate of drug-likeness (QED) is 0.784. The summed E-state index contributed by atoms with van der Waals surface area (Å²) < 4.78 is 5.24. The minimum absolute atomic E-state index is 0.331. The van der Waals surface area contributed by atoms with Gasteiger partial charge >= 0.3 is 0 Å². The molecule has 1 aromatic heterocycles. The molecule has 2 N–H and O–H groups in total. The van der Waals surface area contributed by atoms with Gasteiger partial charge in [-0.25, -0.2) is 0 Å². The number of fused-ring (bicyclic) bond motifs is 1. The molecule has 0 amide bonds. The van der Waals surface area contributed by atoms with Gasteiger partial charge in [0.25, 0.3) is 0 Å². The van der Waals surface area contributed by atoms with E-state index < -0.39 is 0 Å². The molecule has 0 bridgehead atoms. The van der Waals surface area contributed by atoms with E-state index in [1.54, 1.807) is 0 Å². The zero-order valence-electron chi connectivity index (χ0n) is 8.92. The molecular formula is C11H18N2O. The summed E-state index contributed by atoms with van der Waals surface area (Å²) in [5, 5.41) is 3.89. The Morgan fingerprint density at radius 3 is 3.14 bits per heavy atom. The molecule has 0 saturated carbocycles. The zero-order chi connectivity index (χ0) is 10.2. The molecule has 1 aromatic rings. The fourth-order valence-corrected chi connectivity index (χ4v) is 2.49. The van der Waals surface area contributed by atoms with E-state index in [1.165, 1.54) is 12.0 Å². The summed E-state index contributed by atoms with van der Waals surface area (Å²) in [5.41, 5.74) is 7.27. The Kier molecular flexibility index (Phi) is 2.35. The summed E-state index contributed by atoms with van der Waals surface area (Å²) in [6, 6.07) is 0. The predicted molar refractivity (Wildman–Crippen MR) is 55.0 cm³/mol. The molecule has 0 spiro atoms. The molecule has 1 aliphatic carbocycles. The number of aromatic nitrogens is 1. The largest absolute Gasteiger partial charge is 0.361 e. The number of rotatable bonds is 2. The van der Waals surface area contributed by atoms with Gasteiger partial charge in [-0.05, 0) is 30.7 Å². The first kappa shape index (κ1) is 9.71. The van der Waals surface area contributed by atoms with Crippen molar-refractivity contribution < 1.29 is 4.52 Å². The third-order valence-electron chi connectivity index (χ3n) is 3.45. The van der Waals surface area contributed by atoms with Crippen LogP contribution in [0.3, 0.4) is 0 Å². The minimum Gasteiger partial charge on any atom is -0.361 e. The lowest BCUT2D eigenvalue weighted by molar-refractivity contribution is 0.219. The number of nitrogens with zero attached hydrogens (tertiary/aromatic N) is 1. The highest BCUT2D eigenvalue weighted by atomic mass is 16.5. The van der Waals surface area contributed by atoms with Crippen LogP contribution in [0.4, 0.5) is 0 Å². The second-order valence-corrected chi connectivity index (χ2v) is 4.82. The van der Waals surface area contributed by atoms with Crippen molar-refractivity contribution in [3.8, 4) is 0 Å². The molecule has 1 heterocycles. The lowest BCUT2D eigenvalue weighted by Gasteiger charge is -2.37. The van der Waals surface area contributed by atoms with Gasteiger partial charge < -0.3 is 10.3 Å². The molecule has 0 fully saturated rings. The van der Waals surface area contributed by atoms with Crippen molar-refractivity contribution in [1.82, 2.24) is 5.16 Å². The molecular weight excluding hydrogens is 176 g/mol. The molecule has 1 unspecified atom stereocenters. The molecule has 1 aliphatic rings. The van der Waals surface area contributed by atoms with Crippen LogP contribution < -0.4 is 5.73 Å². The first-order chi connectivity index (χ1) is 6.65. The molecule has 0 aliphatic heterocycles. The Morgan fingerprint density at radius 2 is 2.43 bits per heavy atom. The van der Waals surface area contributed by atoms with Crippen LogP contribution in [0.25, 0.3) is 0 Å². The van der Waals surface area contributed by atoms with Crippen LogP contribution in [0.1, 0.15) is 43.9 Å².